The lowest BCUT2D eigenvalue weighted by Gasteiger charge is -2.21. The van der Waals surface area contributed by atoms with Gasteiger partial charge in [0.05, 0.1) is 12.1 Å². The number of rotatable bonds is 6. The molecular weight excluding hydrogens is 314 g/mol. The first kappa shape index (κ1) is 16.9. The second-order valence-corrected chi connectivity index (χ2v) is 5.97. The largest absolute Gasteiger partial charge is 0.375 e. The molecule has 0 bridgehead atoms. The molecule has 0 aliphatic carbocycles. The van der Waals surface area contributed by atoms with Gasteiger partial charge in [0.25, 0.3) is 5.91 Å². The first-order chi connectivity index (χ1) is 12.1. The maximum Gasteiger partial charge on any atom is 0.264 e. The van der Waals surface area contributed by atoms with Gasteiger partial charge in [0.2, 0.25) is 0 Å². The Labute approximate surface area is 146 Å². The highest BCUT2D eigenvalue weighted by molar-refractivity contribution is 6.10. The molecule has 4 nitrogen and oxygen atoms in total. The van der Waals surface area contributed by atoms with Crippen molar-refractivity contribution in [3.8, 4) is 0 Å². The molecule has 0 radical (unpaired) electrons. The van der Waals surface area contributed by atoms with Crippen LogP contribution >= 0.6 is 0 Å². The fraction of sp³-hybridized carbons (Fsp3) is 0.143. The number of hydrogen-bond donors (Lipinski definition) is 1. The maximum absolute atomic E-state index is 12.7. The van der Waals surface area contributed by atoms with Crippen LogP contribution in [0.15, 0.2) is 73.3 Å². The number of carbonyl (C=O) groups excluding carboxylic acids is 2. The molecule has 1 heterocycles. The lowest BCUT2D eigenvalue weighted by atomic mass is 9.89. The molecule has 1 atom stereocenters. The number of benzene rings is 2. The Balaban J connectivity index is 1.85. The zero-order valence-corrected chi connectivity index (χ0v) is 13.8. The number of hydrogen-bond acceptors (Lipinski definition) is 3. The number of amides is 1. The summed E-state index contributed by atoms with van der Waals surface area (Å²) in [6.45, 7) is 3.93. The second-order valence-electron chi connectivity index (χ2n) is 5.97. The standard InChI is InChI=1S/C21H19NO3/c1-2-14-22-19-11-7-6-10-18(19)21(25,20(22)24)15-17(23)13-12-16-8-4-3-5-9-16/h2-13,25H,1,14-15H2/b13-12+/t21-/m1/s1. The van der Waals surface area contributed by atoms with E-state index in [0.29, 0.717) is 11.3 Å². The van der Waals surface area contributed by atoms with Gasteiger partial charge >= 0.3 is 0 Å². The smallest absolute Gasteiger partial charge is 0.264 e. The van der Waals surface area contributed by atoms with Crippen LogP contribution in [0, 0.1) is 0 Å². The van der Waals surface area contributed by atoms with Crippen molar-refractivity contribution in [3.63, 3.8) is 0 Å². The fourth-order valence-corrected chi connectivity index (χ4v) is 3.05. The predicted molar refractivity (Wildman–Crippen MR) is 98.0 cm³/mol. The van der Waals surface area contributed by atoms with Gasteiger partial charge in [-0.2, -0.15) is 0 Å². The summed E-state index contributed by atoms with van der Waals surface area (Å²) < 4.78 is 0. The van der Waals surface area contributed by atoms with Gasteiger partial charge in [0, 0.05) is 12.1 Å². The van der Waals surface area contributed by atoms with Gasteiger partial charge in [-0.15, -0.1) is 6.58 Å². The predicted octanol–water partition coefficient (Wildman–Crippen LogP) is 3.08. The Kier molecular flexibility index (Phi) is 4.63. The van der Waals surface area contributed by atoms with Crippen LogP contribution in [0.5, 0.6) is 0 Å². The Hall–Kier alpha value is -2.98. The number of fused-ring (bicyclic) bond motifs is 1. The van der Waals surface area contributed by atoms with Crippen molar-refractivity contribution in [2.24, 2.45) is 0 Å². The van der Waals surface area contributed by atoms with Gasteiger partial charge in [-0.1, -0.05) is 60.7 Å². The van der Waals surface area contributed by atoms with Crippen molar-refractivity contribution in [3.05, 3.63) is 84.5 Å². The van der Waals surface area contributed by atoms with Crippen LogP contribution in [0.1, 0.15) is 17.5 Å². The van der Waals surface area contributed by atoms with E-state index in [1.807, 2.05) is 30.3 Å². The summed E-state index contributed by atoms with van der Waals surface area (Å²) in [6, 6.07) is 16.4. The first-order valence-corrected chi connectivity index (χ1v) is 8.07. The lowest BCUT2D eigenvalue weighted by molar-refractivity contribution is -0.140. The summed E-state index contributed by atoms with van der Waals surface area (Å²) in [5.74, 6) is -0.801. The van der Waals surface area contributed by atoms with Crippen LogP contribution in [0.2, 0.25) is 0 Å². The van der Waals surface area contributed by atoms with E-state index in [2.05, 4.69) is 6.58 Å². The van der Waals surface area contributed by atoms with Crippen LogP contribution in [-0.4, -0.2) is 23.3 Å². The quantitative estimate of drug-likeness (QED) is 0.653. The average Bonchev–Trinajstić information content (AvgIpc) is 2.83. The number of aliphatic hydroxyl groups is 1. The SMILES string of the molecule is C=CCN1C(=O)[C@@](O)(CC(=O)/C=C/c2ccccc2)c2ccccc21. The monoisotopic (exact) mass is 333 g/mol. The van der Waals surface area contributed by atoms with E-state index in [4.69, 9.17) is 0 Å². The lowest BCUT2D eigenvalue weighted by Crippen LogP contribution is -2.41. The van der Waals surface area contributed by atoms with Crippen molar-refractivity contribution in [2.75, 3.05) is 11.4 Å². The fourth-order valence-electron chi connectivity index (χ4n) is 3.05. The van der Waals surface area contributed by atoms with E-state index in [-0.39, 0.29) is 18.7 Å². The van der Waals surface area contributed by atoms with Crippen LogP contribution in [0.25, 0.3) is 6.08 Å². The minimum Gasteiger partial charge on any atom is -0.375 e. The molecule has 1 aliphatic heterocycles. The molecule has 1 amide bonds. The van der Waals surface area contributed by atoms with Crippen molar-refractivity contribution in [1.82, 2.24) is 0 Å². The molecule has 1 aliphatic rings. The van der Waals surface area contributed by atoms with E-state index in [1.165, 1.54) is 11.0 Å². The van der Waals surface area contributed by atoms with Crippen LogP contribution < -0.4 is 4.90 Å². The molecule has 3 rings (SSSR count). The Bertz CT molecular complexity index is 841. The number of para-hydroxylation sites is 1. The highest BCUT2D eigenvalue weighted by Gasteiger charge is 2.50. The molecule has 0 spiro atoms. The Morgan fingerprint density at radius 3 is 2.52 bits per heavy atom. The average molecular weight is 333 g/mol. The normalized spacial score (nSPS) is 19.2. The Morgan fingerprint density at radius 2 is 1.80 bits per heavy atom. The minimum absolute atomic E-state index is 0.284. The molecule has 4 heteroatoms. The van der Waals surface area contributed by atoms with E-state index in [1.54, 1.807) is 36.4 Å². The molecule has 0 unspecified atom stereocenters. The van der Waals surface area contributed by atoms with E-state index < -0.39 is 11.5 Å². The molecule has 0 saturated carbocycles. The van der Waals surface area contributed by atoms with Crippen LogP contribution in [0.4, 0.5) is 5.69 Å². The van der Waals surface area contributed by atoms with Gasteiger partial charge < -0.3 is 10.0 Å². The van der Waals surface area contributed by atoms with Crippen LogP contribution in [0.3, 0.4) is 0 Å². The molecule has 2 aromatic carbocycles. The van der Waals surface area contributed by atoms with E-state index in [0.717, 1.165) is 5.56 Å². The zero-order chi connectivity index (χ0) is 17.9. The zero-order valence-electron chi connectivity index (χ0n) is 13.8. The molecule has 0 aromatic heterocycles. The molecule has 2 aromatic rings. The molecule has 25 heavy (non-hydrogen) atoms. The summed E-state index contributed by atoms with van der Waals surface area (Å²) >= 11 is 0. The minimum atomic E-state index is -1.84. The molecular formula is C21H19NO3. The molecule has 0 saturated heterocycles. The van der Waals surface area contributed by atoms with Crippen LogP contribution in [-0.2, 0) is 15.2 Å². The molecule has 1 N–H and O–H groups in total. The third-order valence-electron chi connectivity index (χ3n) is 4.24. The number of nitrogens with zero attached hydrogens (tertiary/aromatic N) is 1. The summed E-state index contributed by atoms with van der Waals surface area (Å²) in [5, 5.41) is 11.0. The Morgan fingerprint density at radius 1 is 1.12 bits per heavy atom. The van der Waals surface area contributed by atoms with Gasteiger partial charge in [0.1, 0.15) is 0 Å². The topological polar surface area (TPSA) is 57.6 Å². The molecule has 126 valence electrons. The summed E-state index contributed by atoms with van der Waals surface area (Å²) in [7, 11) is 0. The summed E-state index contributed by atoms with van der Waals surface area (Å²) in [4.78, 5) is 26.6. The number of anilines is 1. The third kappa shape index (κ3) is 3.16. The van der Waals surface area contributed by atoms with Crippen molar-refractivity contribution in [2.45, 2.75) is 12.0 Å². The highest BCUT2D eigenvalue weighted by Crippen LogP contribution is 2.42. The van der Waals surface area contributed by atoms with E-state index >= 15 is 0 Å². The van der Waals surface area contributed by atoms with Gasteiger partial charge in [-0.3, -0.25) is 9.59 Å². The summed E-state index contributed by atoms with van der Waals surface area (Å²) in [5.41, 5.74) is 0.130. The number of allylic oxidation sites excluding steroid dienone is 1. The maximum atomic E-state index is 12.7. The van der Waals surface area contributed by atoms with Gasteiger partial charge in [0.15, 0.2) is 11.4 Å². The van der Waals surface area contributed by atoms with Gasteiger partial charge in [-0.05, 0) is 17.7 Å². The van der Waals surface area contributed by atoms with Crippen molar-refractivity contribution < 1.29 is 14.7 Å². The van der Waals surface area contributed by atoms with Crippen molar-refractivity contribution >= 4 is 23.5 Å². The van der Waals surface area contributed by atoms with Crippen molar-refractivity contribution in [1.29, 1.82) is 0 Å². The highest BCUT2D eigenvalue weighted by atomic mass is 16.3. The number of carbonyl (C=O) groups is 2. The van der Waals surface area contributed by atoms with Gasteiger partial charge in [-0.25, -0.2) is 0 Å². The molecule has 0 fully saturated rings. The summed E-state index contributed by atoms with van der Waals surface area (Å²) in [6.07, 6.45) is 4.38. The first-order valence-electron chi connectivity index (χ1n) is 8.07. The number of ketones is 1. The third-order valence-corrected chi connectivity index (χ3v) is 4.24. The second kappa shape index (κ2) is 6.87. The van der Waals surface area contributed by atoms with E-state index in [9.17, 15) is 14.7 Å².